The van der Waals surface area contributed by atoms with E-state index in [2.05, 4.69) is 48.7 Å². The average Bonchev–Trinajstić information content (AvgIpc) is 2.41. The van der Waals surface area contributed by atoms with Crippen molar-refractivity contribution in [1.29, 1.82) is 0 Å². The maximum absolute atomic E-state index is 5.84. The maximum atomic E-state index is 5.84. The van der Waals surface area contributed by atoms with E-state index in [1.165, 1.54) is 11.1 Å². The minimum Gasteiger partial charge on any atom is -0.457 e. The first kappa shape index (κ1) is 10.9. The number of benzene rings is 2. The predicted molar refractivity (Wildman–Crippen MR) is 75.2 cm³/mol. The fourth-order valence-corrected chi connectivity index (χ4v) is 2.00. The summed E-state index contributed by atoms with van der Waals surface area (Å²) in [5.41, 5.74) is 3.57. The maximum Gasteiger partial charge on any atom is 0.128 e. The van der Waals surface area contributed by atoms with Gasteiger partial charge in [0.2, 0.25) is 0 Å². The molecule has 2 aromatic carbocycles. The predicted octanol–water partition coefficient (Wildman–Crippen LogP) is 4.23. The van der Waals surface area contributed by atoms with Gasteiger partial charge in [-0.05, 0) is 37.3 Å². The average molecular weight is 237 g/mol. The van der Waals surface area contributed by atoms with Gasteiger partial charge >= 0.3 is 0 Å². The second-order valence-corrected chi connectivity index (χ2v) is 4.45. The van der Waals surface area contributed by atoms with Crippen molar-refractivity contribution >= 4 is 11.8 Å². The molecule has 0 fully saturated rings. The highest BCUT2D eigenvalue weighted by atomic mass is 16.5. The van der Waals surface area contributed by atoms with E-state index in [0.717, 1.165) is 23.7 Å². The zero-order valence-corrected chi connectivity index (χ0v) is 10.3. The number of nitrogens with one attached hydrogen (secondary N) is 1. The quantitative estimate of drug-likeness (QED) is 0.844. The lowest BCUT2D eigenvalue weighted by atomic mass is 10.1. The summed E-state index contributed by atoms with van der Waals surface area (Å²) in [7, 11) is 0. The van der Waals surface area contributed by atoms with Gasteiger partial charge in [-0.2, -0.15) is 0 Å². The Bertz CT molecular complexity index is 585. The third-order valence-corrected chi connectivity index (χ3v) is 2.99. The Morgan fingerprint density at radius 2 is 1.78 bits per heavy atom. The Balaban J connectivity index is 1.85. The van der Waals surface area contributed by atoms with Crippen molar-refractivity contribution in [3.8, 4) is 11.5 Å². The topological polar surface area (TPSA) is 21.3 Å². The Hall–Kier alpha value is -2.22. The van der Waals surface area contributed by atoms with Crippen LogP contribution in [-0.2, 0) is 0 Å². The summed E-state index contributed by atoms with van der Waals surface area (Å²) in [4.78, 5) is 0. The number of rotatable bonds is 2. The SMILES string of the molecule is Cc1ccc(Oc2ccc3c(c2)C=CCN3)cc1. The first-order valence-corrected chi connectivity index (χ1v) is 6.10. The molecule has 2 aromatic rings. The molecule has 0 aromatic heterocycles. The molecule has 1 N–H and O–H groups in total. The summed E-state index contributed by atoms with van der Waals surface area (Å²) >= 11 is 0. The Kier molecular flexibility index (Phi) is 2.77. The Labute approximate surface area is 107 Å². The van der Waals surface area contributed by atoms with E-state index in [4.69, 9.17) is 4.74 Å². The smallest absolute Gasteiger partial charge is 0.128 e. The molecule has 18 heavy (non-hydrogen) atoms. The van der Waals surface area contributed by atoms with Gasteiger partial charge in [-0.25, -0.2) is 0 Å². The minimum absolute atomic E-state index is 0.867. The van der Waals surface area contributed by atoms with Crippen LogP contribution in [0.5, 0.6) is 11.5 Å². The molecule has 0 unspecified atom stereocenters. The molecule has 0 saturated carbocycles. The van der Waals surface area contributed by atoms with Crippen LogP contribution in [0.3, 0.4) is 0 Å². The van der Waals surface area contributed by atoms with Gasteiger partial charge in [0.25, 0.3) is 0 Å². The van der Waals surface area contributed by atoms with Crippen molar-refractivity contribution in [3.05, 3.63) is 59.7 Å². The van der Waals surface area contributed by atoms with Gasteiger partial charge in [0, 0.05) is 17.8 Å². The molecule has 0 saturated heterocycles. The van der Waals surface area contributed by atoms with E-state index in [1.807, 2.05) is 18.2 Å². The number of fused-ring (bicyclic) bond motifs is 1. The van der Waals surface area contributed by atoms with Crippen molar-refractivity contribution in [1.82, 2.24) is 0 Å². The molecule has 0 amide bonds. The van der Waals surface area contributed by atoms with E-state index in [-0.39, 0.29) is 0 Å². The van der Waals surface area contributed by atoms with Gasteiger partial charge in [-0.3, -0.25) is 0 Å². The molecule has 0 spiro atoms. The third kappa shape index (κ3) is 2.23. The highest BCUT2D eigenvalue weighted by molar-refractivity contribution is 5.71. The largest absolute Gasteiger partial charge is 0.457 e. The lowest BCUT2D eigenvalue weighted by Gasteiger charge is -2.14. The van der Waals surface area contributed by atoms with Crippen molar-refractivity contribution in [2.24, 2.45) is 0 Å². The summed E-state index contributed by atoms with van der Waals surface area (Å²) in [6.45, 7) is 2.96. The van der Waals surface area contributed by atoms with E-state index in [1.54, 1.807) is 0 Å². The molecule has 3 rings (SSSR count). The third-order valence-electron chi connectivity index (χ3n) is 2.99. The number of ether oxygens (including phenoxy) is 1. The van der Waals surface area contributed by atoms with Gasteiger partial charge in [-0.15, -0.1) is 0 Å². The van der Waals surface area contributed by atoms with Gasteiger partial charge in [0.05, 0.1) is 0 Å². The summed E-state index contributed by atoms with van der Waals surface area (Å²) < 4.78 is 5.84. The fourth-order valence-electron chi connectivity index (χ4n) is 2.00. The standard InChI is InChI=1S/C16H15NO/c1-12-4-6-14(7-5-12)18-15-8-9-16-13(11-15)3-2-10-17-16/h2-9,11,17H,10H2,1H3. The Morgan fingerprint density at radius 1 is 1.00 bits per heavy atom. The molecule has 90 valence electrons. The molecule has 0 atom stereocenters. The van der Waals surface area contributed by atoms with Crippen molar-refractivity contribution in [2.45, 2.75) is 6.92 Å². The van der Waals surface area contributed by atoms with Crippen LogP contribution in [-0.4, -0.2) is 6.54 Å². The highest BCUT2D eigenvalue weighted by Crippen LogP contribution is 2.28. The van der Waals surface area contributed by atoms with E-state index in [0.29, 0.717) is 0 Å². The second-order valence-electron chi connectivity index (χ2n) is 4.45. The first-order chi connectivity index (χ1) is 8.81. The Morgan fingerprint density at radius 3 is 2.61 bits per heavy atom. The zero-order valence-electron chi connectivity index (χ0n) is 10.3. The highest BCUT2D eigenvalue weighted by Gasteiger charge is 2.05. The molecule has 1 aliphatic rings. The van der Waals surface area contributed by atoms with Crippen molar-refractivity contribution in [3.63, 3.8) is 0 Å². The lowest BCUT2D eigenvalue weighted by molar-refractivity contribution is 0.482. The van der Waals surface area contributed by atoms with E-state index >= 15 is 0 Å². The second kappa shape index (κ2) is 4.57. The molecular weight excluding hydrogens is 222 g/mol. The molecule has 2 nitrogen and oxygen atoms in total. The van der Waals surface area contributed by atoms with Crippen LogP contribution in [0.2, 0.25) is 0 Å². The number of aryl methyl sites for hydroxylation is 1. The van der Waals surface area contributed by atoms with Crippen molar-refractivity contribution in [2.75, 3.05) is 11.9 Å². The molecular formula is C16H15NO. The number of hydrogen-bond donors (Lipinski definition) is 1. The van der Waals surface area contributed by atoms with Crippen LogP contribution in [0.15, 0.2) is 48.5 Å². The van der Waals surface area contributed by atoms with Crippen molar-refractivity contribution < 1.29 is 4.74 Å². The summed E-state index contributed by atoms with van der Waals surface area (Å²) in [6, 6.07) is 14.2. The van der Waals surface area contributed by atoms with E-state index < -0.39 is 0 Å². The monoisotopic (exact) mass is 237 g/mol. The fraction of sp³-hybridized carbons (Fsp3) is 0.125. The number of hydrogen-bond acceptors (Lipinski definition) is 2. The molecule has 2 heteroatoms. The number of anilines is 1. The van der Waals surface area contributed by atoms with Crippen LogP contribution >= 0.6 is 0 Å². The molecule has 0 radical (unpaired) electrons. The summed E-state index contributed by atoms with van der Waals surface area (Å²) in [5, 5.41) is 3.32. The van der Waals surface area contributed by atoms with Gasteiger partial charge in [-0.1, -0.05) is 29.8 Å². The lowest BCUT2D eigenvalue weighted by Crippen LogP contribution is -2.03. The normalized spacial score (nSPS) is 12.7. The molecule has 0 bridgehead atoms. The summed E-state index contributed by atoms with van der Waals surface area (Å²) in [6.07, 6.45) is 4.23. The van der Waals surface area contributed by atoms with Gasteiger partial charge < -0.3 is 10.1 Å². The van der Waals surface area contributed by atoms with Crippen LogP contribution in [0, 0.1) is 6.92 Å². The van der Waals surface area contributed by atoms with E-state index in [9.17, 15) is 0 Å². The summed E-state index contributed by atoms with van der Waals surface area (Å²) in [5.74, 6) is 1.74. The van der Waals surface area contributed by atoms with Gasteiger partial charge in [0.15, 0.2) is 0 Å². The first-order valence-electron chi connectivity index (χ1n) is 6.10. The zero-order chi connectivity index (χ0) is 12.4. The van der Waals surface area contributed by atoms with Crippen LogP contribution in [0.25, 0.3) is 6.08 Å². The van der Waals surface area contributed by atoms with Crippen LogP contribution in [0.1, 0.15) is 11.1 Å². The molecule has 1 heterocycles. The van der Waals surface area contributed by atoms with Crippen LogP contribution in [0.4, 0.5) is 5.69 Å². The van der Waals surface area contributed by atoms with Crippen LogP contribution < -0.4 is 10.1 Å². The minimum atomic E-state index is 0.867. The molecule has 1 aliphatic heterocycles. The van der Waals surface area contributed by atoms with Gasteiger partial charge in [0.1, 0.15) is 11.5 Å². The molecule has 0 aliphatic carbocycles.